The molecule has 2 amide bonds. The lowest BCUT2D eigenvalue weighted by Gasteiger charge is -2.11. The van der Waals surface area contributed by atoms with Crippen molar-refractivity contribution in [2.24, 2.45) is 0 Å². The summed E-state index contributed by atoms with van der Waals surface area (Å²) in [4.78, 5) is 34.5. The van der Waals surface area contributed by atoms with Crippen molar-refractivity contribution in [3.05, 3.63) is 59.9 Å². The molecule has 6 nitrogen and oxygen atoms in total. The van der Waals surface area contributed by atoms with Gasteiger partial charge in [0.05, 0.1) is 17.7 Å². The van der Waals surface area contributed by atoms with Crippen LogP contribution in [0.2, 0.25) is 0 Å². The summed E-state index contributed by atoms with van der Waals surface area (Å²) in [7, 11) is 0. The van der Waals surface area contributed by atoms with E-state index in [0.29, 0.717) is 5.69 Å². The van der Waals surface area contributed by atoms with Crippen molar-refractivity contribution in [1.82, 2.24) is 0 Å². The van der Waals surface area contributed by atoms with Crippen molar-refractivity contribution in [2.45, 2.75) is 12.8 Å². The van der Waals surface area contributed by atoms with Gasteiger partial charge in [-0.2, -0.15) is 0 Å². The molecule has 0 aromatic heterocycles. The lowest BCUT2D eigenvalue weighted by atomic mass is 10.1. The van der Waals surface area contributed by atoms with E-state index >= 15 is 0 Å². The van der Waals surface area contributed by atoms with Gasteiger partial charge in [-0.3, -0.25) is 14.4 Å². The Hall–Kier alpha value is -3.22. The standard InChI is InChI=1S/C17H15FN2O4/c18-11-5-7-12(8-6-11)19-17(24)13-3-1-2-4-14(13)20-15(21)9-10-16(22)23/h1-8H,9-10H2,(H,19,24)(H,20,21)(H,22,23). The summed E-state index contributed by atoms with van der Waals surface area (Å²) in [5.41, 5.74) is 0.895. The van der Waals surface area contributed by atoms with E-state index in [1.54, 1.807) is 12.1 Å². The number of halogens is 1. The minimum Gasteiger partial charge on any atom is -0.481 e. The van der Waals surface area contributed by atoms with Crippen molar-refractivity contribution < 1.29 is 23.9 Å². The lowest BCUT2D eigenvalue weighted by molar-refractivity contribution is -0.138. The third-order valence-electron chi connectivity index (χ3n) is 3.11. The van der Waals surface area contributed by atoms with E-state index < -0.39 is 23.6 Å². The van der Waals surface area contributed by atoms with E-state index in [2.05, 4.69) is 10.6 Å². The van der Waals surface area contributed by atoms with Crippen LogP contribution in [0.5, 0.6) is 0 Å². The van der Waals surface area contributed by atoms with E-state index in [0.717, 1.165) is 0 Å². The Morgan fingerprint density at radius 2 is 1.58 bits per heavy atom. The minimum absolute atomic E-state index is 0.191. The Morgan fingerprint density at radius 3 is 2.25 bits per heavy atom. The molecule has 0 aliphatic rings. The van der Waals surface area contributed by atoms with Gasteiger partial charge in [0.15, 0.2) is 0 Å². The molecule has 0 atom stereocenters. The van der Waals surface area contributed by atoms with Gasteiger partial charge in [0.25, 0.3) is 5.91 Å². The second kappa shape index (κ2) is 7.87. The van der Waals surface area contributed by atoms with Gasteiger partial charge in [0.2, 0.25) is 5.91 Å². The van der Waals surface area contributed by atoms with Crippen molar-refractivity contribution in [3.8, 4) is 0 Å². The van der Waals surface area contributed by atoms with E-state index in [9.17, 15) is 18.8 Å². The average Bonchev–Trinajstić information content (AvgIpc) is 2.55. The molecule has 3 N–H and O–H groups in total. The Morgan fingerprint density at radius 1 is 0.917 bits per heavy atom. The van der Waals surface area contributed by atoms with Gasteiger partial charge in [-0.1, -0.05) is 12.1 Å². The van der Waals surface area contributed by atoms with Crippen LogP contribution in [0.1, 0.15) is 23.2 Å². The number of rotatable bonds is 6. The zero-order valence-electron chi connectivity index (χ0n) is 12.6. The highest BCUT2D eigenvalue weighted by Crippen LogP contribution is 2.18. The van der Waals surface area contributed by atoms with Gasteiger partial charge in [0, 0.05) is 12.1 Å². The molecule has 124 valence electrons. The number of hydrogen-bond donors (Lipinski definition) is 3. The van der Waals surface area contributed by atoms with Gasteiger partial charge in [0.1, 0.15) is 5.82 Å². The first-order chi connectivity index (χ1) is 11.5. The summed E-state index contributed by atoms with van der Waals surface area (Å²) in [6.07, 6.45) is -0.487. The molecule has 7 heteroatoms. The molecule has 0 aliphatic carbocycles. The van der Waals surface area contributed by atoms with Gasteiger partial charge in [-0.25, -0.2) is 4.39 Å². The number of hydrogen-bond acceptors (Lipinski definition) is 3. The third-order valence-corrected chi connectivity index (χ3v) is 3.11. The van der Waals surface area contributed by atoms with Crippen LogP contribution in [0, 0.1) is 5.82 Å². The van der Waals surface area contributed by atoms with E-state index in [4.69, 9.17) is 5.11 Å². The fourth-order valence-electron chi connectivity index (χ4n) is 1.95. The maximum atomic E-state index is 12.9. The molecule has 0 bridgehead atoms. The largest absolute Gasteiger partial charge is 0.481 e. The Kier molecular flexibility index (Phi) is 5.62. The zero-order valence-corrected chi connectivity index (χ0v) is 12.6. The molecule has 2 aromatic carbocycles. The number of anilines is 2. The predicted molar refractivity (Wildman–Crippen MR) is 86.3 cm³/mol. The van der Waals surface area contributed by atoms with Crippen LogP contribution in [-0.2, 0) is 9.59 Å². The predicted octanol–water partition coefficient (Wildman–Crippen LogP) is 2.88. The van der Waals surface area contributed by atoms with Crippen LogP contribution in [0.15, 0.2) is 48.5 Å². The maximum absolute atomic E-state index is 12.9. The summed E-state index contributed by atoms with van der Waals surface area (Å²) in [6, 6.07) is 11.6. The fourth-order valence-corrected chi connectivity index (χ4v) is 1.95. The second-order valence-electron chi connectivity index (χ2n) is 4.95. The molecule has 2 rings (SSSR count). The van der Waals surface area contributed by atoms with E-state index in [1.807, 2.05) is 0 Å². The Bertz CT molecular complexity index is 759. The number of carboxylic acids is 1. The molecule has 0 spiro atoms. The quantitative estimate of drug-likeness (QED) is 0.759. The number of nitrogens with one attached hydrogen (secondary N) is 2. The van der Waals surface area contributed by atoms with Crippen molar-refractivity contribution in [2.75, 3.05) is 10.6 Å². The molecule has 0 saturated carbocycles. The number of amides is 2. The lowest BCUT2D eigenvalue weighted by Crippen LogP contribution is -2.18. The van der Waals surface area contributed by atoms with Crippen LogP contribution in [0.3, 0.4) is 0 Å². The topological polar surface area (TPSA) is 95.5 Å². The normalized spacial score (nSPS) is 10.0. The zero-order chi connectivity index (χ0) is 17.5. The van der Waals surface area contributed by atoms with Crippen LogP contribution in [0.4, 0.5) is 15.8 Å². The summed E-state index contributed by atoms with van der Waals surface area (Å²) < 4.78 is 12.9. The monoisotopic (exact) mass is 330 g/mol. The molecule has 0 radical (unpaired) electrons. The highest BCUT2D eigenvalue weighted by molar-refractivity contribution is 6.10. The molecule has 0 unspecified atom stereocenters. The Labute approximate surface area is 137 Å². The molecular formula is C17H15FN2O4. The molecular weight excluding hydrogens is 315 g/mol. The number of para-hydroxylation sites is 1. The average molecular weight is 330 g/mol. The molecule has 0 saturated heterocycles. The maximum Gasteiger partial charge on any atom is 0.303 e. The summed E-state index contributed by atoms with van der Waals surface area (Å²) in [5.74, 6) is -2.47. The number of carbonyl (C=O) groups excluding carboxylic acids is 2. The number of carboxylic acid groups (broad SMARTS) is 1. The second-order valence-corrected chi connectivity index (χ2v) is 4.95. The van der Waals surface area contributed by atoms with Crippen molar-refractivity contribution in [3.63, 3.8) is 0 Å². The van der Waals surface area contributed by atoms with Gasteiger partial charge >= 0.3 is 5.97 Å². The highest BCUT2D eigenvalue weighted by atomic mass is 19.1. The summed E-state index contributed by atoms with van der Waals surface area (Å²) >= 11 is 0. The number of carbonyl (C=O) groups is 3. The van der Waals surface area contributed by atoms with Crippen LogP contribution < -0.4 is 10.6 Å². The van der Waals surface area contributed by atoms with Gasteiger partial charge < -0.3 is 15.7 Å². The number of aliphatic carboxylic acids is 1. The molecule has 2 aromatic rings. The first-order valence-electron chi connectivity index (χ1n) is 7.13. The summed E-state index contributed by atoms with van der Waals surface area (Å²) in [5, 5.41) is 13.7. The van der Waals surface area contributed by atoms with E-state index in [-0.39, 0.29) is 24.1 Å². The van der Waals surface area contributed by atoms with Gasteiger partial charge in [-0.15, -0.1) is 0 Å². The van der Waals surface area contributed by atoms with Crippen LogP contribution >= 0.6 is 0 Å². The van der Waals surface area contributed by atoms with Crippen molar-refractivity contribution >= 4 is 29.2 Å². The summed E-state index contributed by atoms with van der Waals surface area (Å²) in [6.45, 7) is 0. The van der Waals surface area contributed by atoms with Crippen LogP contribution in [0.25, 0.3) is 0 Å². The number of benzene rings is 2. The first-order valence-corrected chi connectivity index (χ1v) is 7.13. The molecule has 24 heavy (non-hydrogen) atoms. The Balaban J connectivity index is 2.09. The van der Waals surface area contributed by atoms with Gasteiger partial charge in [-0.05, 0) is 36.4 Å². The smallest absolute Gasteiger partial charge is 0.303 e. The van der Waals surface area contributed by atoms with Crippen molar-refractivity contribution in [1.29, 1.82) is 0 Å². The first kappa shape index (κ1) is 17.1. The third kappa shape index (κ3) is 4.91. The fraction of sp³-hybridized carbons (Fsp3) is 0.118. The molecule has 0 aliphatic heterocycles. The van der Waals surface area contributed by atoms with Crippen LogP contribution in [-0.4, -0.2) is 22.9 Å². The molecule has 0 heterocycles. The molecule has 0 fully saturated rings. The van der Waals surface area contributed by atoms with E-state index in [1.165, 1.54) is 36.4 Å². The highest BCUT2D eigenvalue weighted by Gasteiger charge is 2.14. The minimum atomic E-state index is -1.08. The SMILES string of the molecule is O=C(O)CCC(=O)Nc1ccccc1C(=O)Nc1ccc(F)cc1.